The molecule has 2 fully saturated rings. The normalized spacial score (nSPS) is 20.8. The molecule has 51 heavy (non-hydrogen) atoms. The third-order valence-electron chi connectivity index (χ3n) is 8.67. The molecule has 2 saturated heterocycles. The highest BCUT2D eigenvalue weighted by Crippen LogP contribution is 2.31. The molecule has 17 heteroatoms. The van der Waals surface area contributed by atoms with Gasteiger partial charge in [-0.2, -0.15) is 23.4 Å². The number of carbonyl (C=O) groups excluding carboxylic acids is 1. The number of nitrogens with zero attached hydrogens (tertiary/aromatic N) is 6. The maximum absolute atomic E-state index is 12.0. The summed E-state index contributed by atoms with van der Waals surface area (Å²) in [4.78, 5) is 29.6. The van der Waals surface area contributed by atoms with E-state index in [1.165, 1.54) is 25.0 Å². The summed E-state index contributed by atoms with van der Waals surface area (Å²) in [5, 5.41) is 16.1. The zero-order valence-electron chi connectivity index (χ0n) is 29.4. The second-order valence-corrected chi connectivity index (χ2v) is 13.8. The van der Waals surface area contributed by atoms with Gasteiger partial charge < -0.3 is 48.5 Å². The van der Waals surface area contributed by atoms with Gasteiger partial charge in [0.1, 0.15) is 11.4 Å². The molecule has 0 bridgehead atoms. The summed E-state index contributed by atoms with van der Waals surface area (Å²) in [6.07, 6.45) is 6.91. The number of aromatic hydroxyl groups is 1. The highest BCUT2D eigenvalue weighted by atomic mass is 32.2. The molecule has 1 amide bonds. The number of nitrogens with one attached hydrogen (secondary N) is 2. The van der Waals surface area contributed by atoms with Gasteiger partial charge >= 0.3 is 10.5 Å². The van der Waals surface area contributed by atoms with Crippen LogP contribution in [0, 0.1) is 5.92 Å². The summed E-state index contributed by atoms with van der Waals surface area (Å²) >= 11 is 0. The molecule has 3 heterocycles. The molecule has 11 N–H and O–H groups in total. The van der Waals surface area contributed by atoms with Gasteiger partial charge in [-0.1, -0.05) is 51.3 Å². The Kier molecular flexibility index (Phi) is 14.9. The Hall–Kier alpha value is -4.42. The van der Waals surface area contributed by atoms with E-state index >= 15 is 0 Å². The fourth-order valence-corrected chi connectivity index (χ4v) is 6.51. The quantitative estimate of drug-likeness (QED) is 0.133. The summed E-state index contributed by atoms with van der Waals surface area (Å²) in [6.45, 7) is 6.43. The van der Waals surface area contributed by atoms with Gasteiger partial charge in [-0.15, -0.1) is 4.36 Å². The van der Waals surface area contributed by atoms with Crippen molar-refractivity contribution in [2.45, 2.75) is 83.0 Å². The second-order valence-electron chi connectivity index (χ2n) is 13.2. The monoisotopic (exact) mass is 724 g/mol. The Labute approximate surface area is 301 Å². The van der Waals surface area contributed by atoms with Gasteiger partial charge in [-0.05, 0) is 49.9 Å². The number of hydrogen-bond acceptors (Lipinski definition) is 15. The first-order chi connectivity index (χ1) is 24.4. The van der Waals surface area contributed by atoms with Gasteiger partial charge in [0.15, 0.2) is 0 Å². The number of amides is 1. The van der Waals surface area contributed by atoms with Crippen LogP contribution < -0.4 is 43.4 Å². The molecule has 0 radical (unpaired) electrons. The van der Waals surface area contributed by atoms with Gasteiger partial charge in [0.25, 0.3) is 0 Å². The maximum Gasteiger partial charge on any atom is 0.316 e. The van der Waals surface area contributed by atoms with Crippen LogP contribution in [0.3, 0.4) is 0 Å². The predicted octanol–water partition coefficient (Wildman–Crippen LogP) is 2.98. The molecule has 2 aliphatic heterocycles. The van der Waals surface area contributed by atoms with E-state index in [0.717, 1.165) is 24.9 Å². The minimum atomic E-state index is -2.69. The molecule has 2 aromatic carbocycles. The van der Waals surface area contributed by atoms with E-state index in [1.54, 1.807) is 6.07 Å². The molecule has 1 aromatic heterocycles. The van der Waals surface area contributed by atoms with Crippen LogP contribution in [0.4, 0.5) is 34.9 Å². The Morgan fingerprint density at radius 2 is 1.43 bits per heavy atom. The topological polar surface area (TPSA) is 257 Å². The highest BCUT2D eigenvalue weighted by molar-refractivity contribution is 7.61. The fourth-order valence-electron chi connectivity index (χ4n) is 6.19. The molecule has 16 nitrogen and oxygen atoms in total. The number of para-hydroxylation sites is 1. The second kappa shape index (κ2) is 19.3. The van der Waals surface area contributed by atoms with Crippen LogP contribution in [0.1, 0.15) is 58.8 Å². The molecule has 2 aliphatic rings. The first kappa shape index (κ1) is 39.4. The van der Waals surface area contributed by atoms with Crippen LogP contribution in [-0.4, -0.2) is 84.7 Å². The van der Waals surface area contributed by atoms with E-state index in [0.29, 0.717) is 56.6 Å². The van der Waals surface area contributed by atoms with E-state index in [-0.39, 0.29) is 53.4 Å². The van der Waals surface area contributed by atoms with Crippen molar-refractivity contribution >= 4 is 51.3 Å². The summed E-state index contributed by atoms with van der Waals surface area (Å²) in [6, 6.07) is 13.5. The van der Waals surface area contributed by atoms with Crippen LogP contribution in [0.2, 0.25) is 0 Å². The van der Waals surface area contributed by atoms with Crippen LogP contribution >= 0.6 is 0 Å². The lowest BCUT2D eigenvalue weighted by molar-refractivity contribution is -0.120. The summed E-state index contributed by atoms with van der Waals surface area (Å²) in [5.41, 5.74) is 25.9. The number of phenols is 1. The first-order valence-corrected chi connectivity index (χ1v) is 18.5. The number of benzene rings is 2. The number of anilines is 5. The van der Waals surface area contributed by atoms with Crippen LogP contribution in [0.5, 0.6) is 5.75 Å². The van der Waals surface area contributed by atoms with E-state index < -0.39 is 10.5 Å². The van der Waals surface area contributed by atoms with Gasteiger partial charge in [0.05, 0.1) is 0 Å². The third-order valence-corrected chi connectivity index (χ3v) is 9.02. The number of hydrogen-bond donors (Lipinski definition) is 7. The van der Waals surface area contributed by atoms with Crippen molar-refractivity contribution in [1.29, 1.82) is 0 Å². The van der Waals surface area contributed by atoms with Gasteiger partial charge in [-0.3, -0.25) is 4.79 Å². The maximum atomic E-state index is 12.0. The lowest BCUT2D eigenvalue weighted by atomic mass is 9.97. The smallest absolute Gasteiger partial charge is 0.316 e. The summed E-state index contributed by atoms with van der Waals surface area (Å²) in [7, 11) is -2.69. The lowest BCUT2D eigenvalue weighted by Gasteiger charge is -2.37. The fraction of sp³-hybridized carbons (Fsp3) is 0.529. The zero-order valence-corrected chi connectivity index (χ0v) is 30.2. The number of nitrogens with two attached hydrogens (primary N) is 4. The molecule has 0 spiro atoms. The SMILES string of the molecule is CCCCCC(CC)C(=O)Nc1ccccc1.N[C@@H]1C[C@H](N)CN(c2nc(Nc3ccc(N=S(=O)=O)c(O)c3)nc(N3C[C@H](N)C[C@H](N)C3)n2)C1. The van der Waals surface area contributed by atoms with Crippen molar-refractivity contribution in [3.05, 3.63) is 48.5 Å². The molecule has 3 aromatic rings. The van der Waals surface area contributed by atoms with Crippen molar-refractivity contribution in [3.63, 3.8) is 0 Å². The molecule has 0 aliphatic carbocycles. The predicted molar refractivity (Wildman–Crippen MR) is 201 cm³/mol. The van der Waals surface area contributed by atoms with Gasteiger partial charge in [-0.25, -0.2) is 0 Å². The number of rotatable bonds is 12. The van der Waals surface area contributed by atoms with E-state index in [1.807, 2.05) is 40.1 Å². The average Bonchev–Trinajstić information content (AvgIpc) is 3.07. The molecule has 0 saturated carbocycles. The van der Waals surface area contributed by atoms with Crippen molar-refractivity contribution in [1.82, 2.24) is 15.0 Å². The Morgan fingerprint density at radius 3 is 1.92 bits per heavy atom. The summed E-state index contributed by atoms with van der Waals surface area (Å²) in [5.74, 6) is 1.03. The molecule has 1 unspecified atom stereocenters. The minimum absolute atomic E-state index is 0.0801. The minimum Gasteiger partial charge on any atom is -0.506 e. The highest BCUT2D eigenvalue weighted by Gasteiger charge is 2.29. The number of piperidine rings is 2. The van der Waals surface area contributed by atoms with Gasteiger partial charge in [0.2, 0.25) is 23.8 Å². The van der Waals surface area contributed by atoms with Gasteiger partial charge in [0, 0.05) is 73.7 Å². The van der Waals surface area contributed by atoms with Crippen molar-refractivity contribution < 1.29 is 18.3 Å². The summed E-state index contributed by atoms with van der Waals surface area (Å²) < 4.78 is 24.9. The third kappa shape index (κ3) is 12.4. The van der Waals surface area contributed by atoms with E-state index in [2.05, 4.69) is 43.8 Å². The van der Waals surface area contributed by atoms with Crippen LogP contribution in [0.15, 0.2) is 52.9 Å². The Morgan fingerprint density at radius 1 is 0.863 bits per heavy atom. The van der Waals surface area contributed by atoms with Crippen molar-refractivity contribution in [2.75, 3.05) is 46.6 Å². The lowest BCUT2D eigenvalue weighted by Crippen LogP contribution is -2.54. The number of phenolic OH excluding ortho intramolecular Hbond substituents is 1. The first-order valence-electron chi connectivity index (χ1n) is 17.5. The van der Waals surface area contributed by atoms with E-state index in [4.69, 9.17) is 22.9 Å². The van der Waals surface area contributed by atoms with E-state index in [9.17, 15) is 18.3 Å². The Bertz CT molecular complexity index is 1640. The van der Waals surface area contributed by atoms with Crippen LogP contribution in [0.25, 0.3) is 0 Å². The number of unbranched alkanes of at least 4 members (excludes halogenated alkanes) is 2. The number of aromatic nitrogens is 3. The zero-order chi connectivity index (χ0) is 36.9. The molecule has 278 valence electrons. The number of carbonyl (C=O) groups is 1. The molecule has 5 rings (SSSR count). The molecular weight excluding hydrogens is 673 g/mol. The molecule has 5 atom stereocenters. The largest absolute Gasteiger partial charge is 0.506 e. The standard InChI is InChI=1S/C19H29N11O3S.C15H23NO/c20-10-3-11(21)7-29(6-10)18-25-17(24-14-1-2-15(16(31)5-14)28-34(32)33)26-19(27-18)30-8-12(22)4-13(23)9-30;1-3-5-7-10-13(4-2)15(17)16-14-11-8-6-9-12-14/h1-2,5,10-13,31H,3-4,6-9,20-23H2,(H,24,25,26,27);6,8-9,11-13H,3-5,7,10H2,1-2H3,(H,16,17)/t10-,11+,12-,13+;. The van der Waals surface area contributed by atoms with Crippen molar-refractivity contribution in [2.24, 2.45) is 33.2 Å². The molecular formula is C34H52N12O4S. The Balaban J connectivity index is 0.000000289. The van der Waals surface area contributed by atoms with Crippen LogP contribution in [-0.2, 0) is 15.3 Å². The average molecular weight is 725 g/mol. The van der Waals surface area contributed by atoms with Crippen molar-refractivity contribution in [3.8, 4) is 5.75 Å².